The van der Waals surface area contributed by atoms with Crippen molar-refractivity contribution in [3.63, 3.8) is 0 Å². The van der Waals surface area contributed by atoms with E-state index in [4.69, 9.17) is 10.00 Å². The number of para-hydroxylation sites is 2. The van der Waals surface area contributed by atoms with E-state index in [9.17, 15) is 8.42 Å². The molecule has 7 nitrogen and oxygen atoms in total. The number of nitrogens with zero attached hydrogens (tertiary/aromatic N) is 3. The molecule has 1 saturated carbocycles. The van der Waals surface area contributed by atoms with Crippen molar-refractivity contribution < 1.29 is 13.2 Å². The quantitative estimate of drug-likeness (QED) is 0.658. The molecule has 0 saturated heterocycles. The monoisotopic (exact) mass is 394 g/mol. The molecular formula is C20H18N4O3S. The number of benzene rings is 2. The summed E-state index contributed by atoms with van der Waals surface area (Å²) in [6, 6.07) is 14.8. The van der Waals surface area contributed by atoms with E-state index in [1.165, 1.54) is 37.1 Å². The first-order valence-corrected chi connectivity index (χ1v) is 10.5. The number of fused-ring (bicyclic) bond motifs is 1. The first kappa shape index (κ1) is 18.2. The van der Waals surface area contributed by atoms with Gasteiger partial charge in [-0.1, -0.05) is 25.0 Å². The SMILES string of the molecule is N#Cc1ccc(S(=O)(=O)Nc2nc3ccccc3nc2OCCC2CC2)cc1. The molecule has 1 N–H and O–H groups in total. The summed E-state index contributed by atoms with van der Waals surface area (Å²) in [5.74, 6) is 0.905. The predicted molar refractivity (Wildman–Crippen MR) is 104 cm³/mol. The van der Waals surface area contributed by atoms with Gasteiger partial charge in [0.2, 0.25) is 5.82 Å². The number of nitriles is 1. The molecule has 4 rings (SSSR count). The second-order valence-electron chi connectivity index (χ2n) is 6.69. The average molecular weight is 394 g/mol. The number of nitrogens with one attached hydrogen (secondary N) is 1. The van der Waals surface area contributed by atoms with E-state index >= 15 is 0 Å². The number of rotatable bonds is 7. The second kappa shape index (κ2) is 7.44. The molecule has 0 atom stereocenters. The van der Waals surface area contributed by atoms with Crippen molar-refractivity contribution in [2.75, 3.05) is 11.3 Å². The van der Waals surface area contributed by atoms with Gasteiger partial charge < -0.3 is 4.74 Å². The standard InChI is InChI=1S/C20H18N4O3S/c21-13-15-7-9-16(10-8-15)28(25,26)24-19-20(27-12-11-14-5-6-14)23-18-4-2-1-3-17(18)22-19/h1-4,7-10,14H,5-6,11-12H2,(H,22,24). The summed E-state index contributed by atoms with van der Waals surface area (Å²) in [7, 11) is -3.90. The van der Waals surface area contributed by atoms with E-state index in [0.29, 0.717) is 29.1 Å². The smallest absolute Gasteiger partial charge is 0.263 e. The Bertz CT molecular complexity index is 1150. The van der Waals surface area contributed by atoms with E-state index in [1.807, 2.05) is 18.2 Å². The first-order chi connectivity index (χ1) is 13.5. The van der Waals surface area contributed by atoms with Crippen molar-refractivity contribution in [3.05, 3.63) is 54.1 Å². The van der Waals surface area contributed by atoms with Crippen molar-refractivity contribution in [1.29, 1.82) is 5.26 Å². The molecule has 0 unspecified atom stereocenters. The van der Waals surface area contributed by atoms with Crippen molar-refractivity contribution in [2.45, 2.75) is 24.2 Å². The fourth-order valence-electron chi connectivity index (χ4n) is 2.77. The Morgan fingerprint density at radius 1 is 1.07 bits per heavy atom. The molecule has 1 aliphatic rings. The maximum atomic E-state index is 12.8. The van der Waals surface area contributed by atoms with Gasteiger partial charge in [0, 0.05) is 0 Å². The maximum Gasteiger partial charge on any atom is 0.263 e. The van der Waals surface area contributed by atoms with Gasteiger partial charge in [0.15, 0.2) is 0 Å². The lowest BCUT2D eigenvalue weighted by Crippen LogP contribution is -2.16. The van der Waals surface area contributed by atoms with Crippen molar-refractivity contribution in [1.82, 2.24) is 9.97 Å². The van der Waals surface area contributed by atoms with Crippen molar-refractivity contribution >= 4 is 26.9 Å². The van der Waals surface area contributed by atoms with Crippen LogP contribution in [0, 0.1) is 17.2 Å². The minimum absolute atomic E-state index is 0.0328. The zero-order valence-corrected chi connectivity index (χ0v) is 15.8. The molecule has 8 heteroatoms. The molecule has 0 aliphatic heterocycles. The topological polar surface area (TPSA) is 105 Å². The van der Waals surface area contributed by atoms with Crippen LogP contribution in [0.1, 0.15) is 24.8 Å². The highest BCUT2D eigenvalue weighted by Gasteiger charge is 2.23. The van der Waals surface area contributed by atoms with Crippen LogP contribution in [0.4, 0.5) is 5.82 Å². The number of anilines is 1. The minimum Gasteiger partial charge on any atom is -0.475 e. The summed E-state index contributed by atoms with van der Waals surface area (Å²) in [4.78, 5) is 8.88. The van der Waals surface area contributed by atoms with E-state index in [0.717, 1.165) is 6.42 Å². The third kappa shape index (κ3) is 4.05. The largest absolute Gasteiger partial charge is 0.475 e. The lowest BCUT2D eigenvalue weighted by molar-refractivity contribution is 0.293. The fourth-order valence-corrected chi connectivity index (χ4v) is 3.77. The third-order valence-electron chi connectivity index (χ3n) is 4.53. The Labute approximate surface area is 163 Å². The Morgan fingerprint density at radius 2 is 1.75 bits per heavy atom. The van der Waals surface area contributed by atoms with Crippen LogP contribution in [0.15, 0.2) is 53.4 Å². The molecule has 3 aromatic rings. The maximum absolute atomic E-state index is 12.8. The van der Waals surface area contributed by atoms with Gasteiger partial charge in [0.05, 0.1) is 34.2 Å². The molecule has 0 radical (unpaired) electrons. The lowest BCUT2D eigenvalue weighted by atomic mass is 10.2. The van der Waals surface area contributed by atoms with Gasteiger partial charge in [0.1, 0.15) is 0 Å². The Balaban J connectivity index is 1.65. The molecule has 0 spiro atoms. The lowest BCUT2D eigenvalue weighted by Gasteiger charge is -2.13. The highest BCUT2D eigenvalue weighted by atomic mass is 32.2. The van der Waals surface area contributed by atoms with Crippen LogP contribution in [0.25, 0.3) is 11.0 Å². The number of hydrogen-bond donors (Lipinski definition) is 1. The van der Waals surface area contributed by atoms with Crippen molar-refractivity contribution in [2.24, 2.45) is 5.92 Å². The minimum atomic E-state index is -3.90. The molecule has 28 heavy (non-hydrogen) atoms. The van der Waals surface area contributed by atoms with Gasteiger partial charge in [-0.3, -0.25) is 4.72 Å². The average Bonchev–Trinajstić information content (AvgIpc) is 3.52. The van der Waals surface area contributed by atoms with E-state index in [-0.39, 0.29) is 16.6 Å². The van der Waals surface area contributed by atoms with Gasteiger partial charge in [-0.2, -0.15) is 5.26 Å². The van der Waals surface area contributed by atoms with Gasteiger partial charge >= 0.3 is 0 Å². The molecule has 0 amide bonds. The number of sulfonamides is 1. The normalized spacial score (nSPS) is 13.8. The van der Waals surface area contributed by atoms with Crippen LogP contribution in [0.5, 0.6) is 5.88 Å². The summed E-state index contributed by atoms with van der Waals surface area (Å²) in [6.07, 6.45) is 3.34. The van der Waals surface area contributed by atoms with E-state index in [1.54, 1.807) is 12.1 Å². The zero-order valence-electron chi connectivity index (χ0n) is 15.0. The van der Waals surface area contributed by atoms with E-state index < -0.39 is 10.0 Å². The first-order valence-electron chi connectivity index (χ1n) is 8.98. The van der Waals surface area contributed by atoms with Crippen LogP contribution in [-0.2, 0) is 10.0 Å². The van der Waals surface area contributed by atoms with Crippen LogP contribution in [0.2, 0.25) is 0 Å². The van der Waals surface area contributed by atoms with Crippen LogP contribution in [-0.4, -0.2) is 25.0 Å². The Kier molecular flexibility index (Phi) is 4.84. The molecule has 1 heterocycles. The molecule has 0 bridgehead atoms. The third-order valence-corrected chi connectivity index (χ3v) is 5.88. The van der Waals surface area contributed by atoms with Crippen LogP contribution in [0.3, 0.4) is 0 Å². The van der Waals surface area contributed by atoms with Gasteiger partial charge in [-0.15, -0.1) is 0 Å². The zero-order chi connectivity index (χ0) is 19.6. The Hall–Kier alpha value is -3.18. The van der Waals surface area contributed by atoms with Crippen LogP contribution < -0.4 is 9.46 Å². The number of hydrogen-bond acceptors (Lipinski definition) is 6. The summed E-state index contributed by atoms with van der Waals surface area (Å²) < 4.78 is 33.8. The number of ether oxygens (including phenoxy) is 1. The highest BCUT2D eigenvalue weighted by molar-refractivity contribution is 7.92. The summed E-state index contributed by atoms with van der Waals surface area (Å²) in [5.41, 5.74) is 1.58. The molecule has 1 aromatic heterocycles. The predicted octanol–water partition coefficient (Wildman–Crippen LogP) is 3.48. The summed E-state index contributed by atoms with van der Waals surface area (Å²) in [5, 5.41) is 8.88. The molecule has 1 aliphatic carbocycles. The Morgan fingerprint density at radius 3 is 2.39 bits per heavy atom. The molecule has 142 valence electrons. The highest BCUT2D eigenvalue weighted by Crippen LogP contribution is 2.33. The molecule has 2 aromatic carbocycles. The number of aromatic nitrogens is 2. The van der Waals surface area contributed by atoms with Gasteiger partial charge in [0.25, 0.3) is 15.9 Å². The van der Waals surface area contributed by atoms with Crippen molar-refractivity contribution in [3.8, 4) is 11.9 Å². The summed E-state index contributed by atoms with van der Waals surface area (Å²) in [6.45, 7) is 0.462. The van der Waals surface area contributed by atoms with Crippen LogP contribution >= 0.6 is 0 Å². The van der Waals surface area contributed by atoms with E-state index in [2.05, 4.69) is 14.7 Å². The molecule has 1 fully saturated rings. The molecular weight excluding hydrogens is 376 g/mol. The van der Waals surface area contributed by atoms with Gasteiger partial charge in [-0.25, -0.2) is 18.4 Å². The summed E-state index contributed by atoms with van der Waals surface area (Å²) >= 11 is 0. The fraction of sp³-hybridized carbons (Fsp3) is 0.250. The second-order valence-corrected chi connectivity index (χ2v) is 8.37. The van der Waals surface area contributed by atoms with Gasteiger partial charge in [-0.05, 0) is 48.7 Å².